The second-order valence-corrected chi connectivity index (χ2v) is 7.20. The van der Waals surface area contributed by atoms with E-state index in [4.69, 9.17) is 9.15 Å². The second-order valence-electron chi connectivity index (χ2n) is 7.20. The van der Waals surface area contributed by atoms with Crippen LogP contribution in [0.1, 0.15) is 48.9 Å². The first-order valence-electron chi connectivity index (χ1n) is 9.28. The van der Waals surface area contributed by atoms with Gasteiger partial charge in [-0.15, -0.1) is 0 Å². The van der Waals surface area contributed by atoms with Gasteiger partial charge in [0.1, 0.15) is 11.5 Å². The van der Waals surface area contributed by atoms with E-state index in [2.05, 4.69) is 39.9 Å². The molecular weight excluding hydrogens is 314 g/mol. The Hall–Kier alpha value is -1.85. The van der Waals surface area contributed by atoms with E-state index in [9.17, 15) is 0 Å². The van der Waals surface area contributed by atoms with Gasteiger partial charge in [-0.05, 0) is 37.5 Å². The summed E-state index contributed by atoms with van der Waals surface area (Å²) in [5.41, 5.74) is 1.31. The Labute approximate surface area is 149 Å². The van der Waals surface area contributed by atoms with Crippen LogP contribution in [0.4, 0.5) is 0 Å². The summed E-state index contributed by atoms with van der Waals surface area (Å²) in [5.74, 6) is 3.52. The van der Waals surface area contributed by atoms with Gasteiger partial charge < -0.3 is 9.15 Å². The summed E-state index contributed by atoms with van der Waals surface area (Å²) in [7, 11) is 1.72. The molecule has 1 aliphatic heterocycles. The number of nitrogens with zero attached hydrogens (tertiary/aromatic N) is 3. The molecule has 0 amide bonds. The number of aromatic nitrogens is 1. The van der Waals surface area contributed by atoms with Crippen molar-refractivity contribution in [3.63, 3.8) is 0 Å². The molecule has 2 aliphatic rings. The van der Waals surface area contributed by atoms with Crippen LogP contribution in [-0.4, -0.2) is 48.1 Å². The maximum absolute atomic E-state index is 5.90. The van der Waals surface area contributed by atoms with E-state index < -0.39 is 0 Å². The van der Waals surface area contributed by atoms with Crippen molar-refractivity contribution in [2.24, 2.45) is 0 Å². The zero-order chi connectivity index (χ0) is 17.2. The van der Waals surface area contributed by atoms with E-state index in [0.29, 0.717) is 12.0 Å². The van der Waals surface area contributed by atoms with E-state index in [1.54, 1.807) is 7.11 Å². The van der Waals surface area contributed by atoms with Gasteiger partial charge in [0.2, 0.25) is 5.89 Å². The fourth-order valence-electron chi connectivity index (χ4n) is 3.57. The Bertz CT molecular complexity index is 702. The van der Waals surface area contributed by atoms with Crippen molar-refractivity contribution < 1.29 is 9.15 Å². The number of benzene rings is 1. The zero-order valence-electron chi connectivity index (χ0n) is 15.1. The van der Waals surface area contributed by atoms with Crippen molar-refractivity contribution in [3.8, 4) is 5.75 Å². The molecule has 25 heavy (non-hydrogen) atoms. The second kappa shape index (κ2) is 7.18. The molecule has 1 unspecified atom stereocenters. The summed E-state index contributed by atoms with van der Waals surface area (Å²) in [5, 5.41) is 0. The summed E-state index contributed by atoms with van der Waals surface area (Å²) < 4.78 is 11.3. The Morgan fingerprint density at radius 3 is 2.76 bits per heavy atom. The normalized spacial score (nSPS) is 20.6. The van der Waals surface area contributed by atoms with Crippen LogP contribution in [0.15, 0.2) is 34.9 Å². The maximum Gasteiger partial charge on any atom is 0.208 e. The quantitative estimate of drug-likeness (QED) is 0.805. The first-order chi connectivity index (χ1) is 12.2. The molecule has 5 heteroatoms. The van der Waals surface area contributed by atoms with Crippen molar-refractivity contribution in [2.45, 2.75) is 38.3 Å². The zero-order valence-corrected chi connectivity index (χ0v) is 15.1. The number of hydrogen-bond acceptors (Lipinski definition) is 5. The van der Waals surface area contributed by atoms with E-state index in [1.807, 2.05) is 12.3 Å². The first-order valence-corrected chi connectivity index (χ1v) is 9.28. The van der Waals surface area contributed by atoms with Gasteiger partial charge in [0.05, 0.1) is 19.9 Å². The topological polar surface area (TPSA) is 41.7 Å². The monoisotopic (exact) mass is 341 g/mol. The van der Waals surface area contributed by atoms with Crippen molar-refractivity contribution in [3.05, 3.63) is 47.7 Å². The Morgan fingerprint density at radius 1 is 1.24 bits per heavy atom. The molecule has 2 aromatic rings. The smallest absolute Gasteiger partial charge is 0.208 e. The number of oxazole rings is 1. The molecule has 1 aromatic heterocycles. The van der Waals surface area contributed by atoms with E-state index >= 15 is 0 Å². The average Bonchev–Trinajstić information content (AvgIpc) is 3.41. The van der Waals surface area contributed by atoms with Crippen molar-refractivity contribution >= 4 is 0 Å². The lowest BCUT2D eigenvalue weighted by Gasteiger charge is -2.37. The van der Waals surface area contributed by atoms with E-state index in [-0.39, 0.29) is 0 Å². The highest BCUT2D eigenvalue weighted by Crippen LogP contribution is 2.40. The highest BCUT2D eigenvalue weighted by atomic mass is 16.5. The van der Waals surface area contributed by atoms with Crippen LogP contribution in [0.3, 0.4) is 0 Å². The molecule has 1 saturated heterocycles. The van der Waals surface area contributed by atoms with Gasteiger partial charge in [0.25, 0.3) is 0 Å². The summed E-state index contributed by atoms with van der Waals surface area (Å²) in [4.78, 5) is 9.44. The van der Waals surface area contributed by atoms with Crippen LogP contribution in [0.5, 0.6) is 5.75 Å². The third-order valence-corrected chi connectivity index (χ3v) is 5.44. The lowest BCUT2D eigenvalue weighted by atomic mass is 10.1. The fraction of sp³-hybridized carbons (Fsp3) is 0.550. The first kappa shape index (κ1) is 16.6. The van der Waals surface area contributed by atoms with Crippen LogP contribution in [0, 0.1) is 0 Å². The van der Waals surface area contributed by atoms with Gasteiger partial charge in [-0.25, -0.2) is 4.98 Å². The molecule has 0 radical (unpaired) electrons. The van der Waals surface area contributed by atoms with Crippen LogP contribution >= 0.6 is 0 Å². The molecular formula is C20H27N3O2. The maximum atomic E-state index is 5.90. The molecule has 5 nitrogen and oxygen atoms in total. The Balaban J connectivity index is 1.31. The predicted octanol–water partition coefficient (Wildman–Crippen LogP) is 3.44. The summed E-state index contributed by atoms with van der Waals surface area (Å²) >= 11 is 0. The molecule has 0 bridgehead atoms. The number of ether oxygens (including phenoxy) is 1. The van der Waals surface area contributed by atoms with Gasteiger partial charge in [-0.3, -0.25) is 9.80 Å². The third kappa shape index (κ3) is 3.88. The molecule has 4 rings (SSSR count). The van der Waals surface area contributed by atoms with Crippen LogP contribution in [0.25, 0.3) is 0 Å². The van der Waals surface area contributed by atoms with Gasteiger partial charge in [-0.2, -0.15) is 0 Å². The van der Waals surface area contributed by atoms with Gasteiger partial charge >= 0.3 is 0 Å². The minimum atomic E-state index is 0.403. The minimum absolute atomic E-state index is 0.403. The molecule has 134 valence electrons. The van der Waals surface area contributed by atoms with Crippen LogP contribution < -0.4 is 4.74 Å². The number of rotatable bonds is 6. The Morgan fingerprint density at radius 2 is 2.04 bits per heavy atom. The van der Waals surface area contributed by atoms with Crippen LogP contribution in [0.2, 0.25) is 0 Å². The highest BCUT2D eigenvalue weighted by Gasteiger charge is 2.28. The predicted molar refractivity (Wildman–Crippen MR) is 96.7 cm³/mol. The van der Waals surface area contributed by atoms with Crippen molar-refractivity contribution in [2.75, 3.05) is 33.3 Å². The van der Waals surface area contributed by atoms with Crippen molar-refractivity contribution in [1.29, 1.82) is 0 Å². The molecule has 1 saturated carbocycles. The lowest BCUT2D eigenvalue weighted by molar-refractivity contribution is 0.0917. The fourth-order valence-corrected chi connectivity index (χ4v) is 3.57. The molecule has 2 heterocycles. The summed E-state index contributed by atoms with van der Waals surface area (Å²) in [6, 6.07) is 8.80. The molecule has 0 spiro atoms. The highest BCUT2D eigenvalue weighted by molar-refractivity contribution is 5.30. The number of hydrogen-bond donors (Lipinski definition) is 0. The van der Waals surface area contributed by atoms with Crippen LogP contribution in [-0.2, 0) is 6.54 Å². The summed E-state index contributed by atoms with van der Waals surface area (Å²) in [6.45, 7) is 7.34. The molecule has 2 fully saturated rings. The minimum Gasteiger partial charge on any atom is -0.497 e. The third-order valence-electron chi connectivity index (χ3n) is 5.44. The average molecular weight is 341 g/mol. The molecule has 0 N–H and O–H groups in total. The largest absolute Gasteiger partial charge is 0.497 e. The Kier molecular flexibility index (Phi) is 4.77. The van der Waals surface area contributed by atoms with Gasteiger partial charge in [0.15, 0.2) is 0 Å². The number of methoxy groups -OCH3 is 1. The van der Waals surface area contributed by atoms with E-state index in [1.165, 1.54) is 18.4 Å². The summed E-state index contributed by atoms with van der Waals surface area (Å²) in [6.07, 6.45) is 4.44. The standard InChI is InChI=1S/C20H27N3O2/c1-15(17-4-3-5-18(12-17)24-2)23-10-8-22(9-11-23)14-20-21-13-19(25-20)16-6-7-16/h3-5,12-13,15-16H,6-11,14H2,1-2H3. The number of piperazine rings is 1. The SMILES string of the molecule is COc1cccc(C(C)N2CCN(Cc3ncc(C4CC4)o3)CC2)c1. The molecule has 1 aliphatic carbocycles. The van der Waals surface area contributed by atoms with E-state index in [0.717, 1.165) is 50.1 Å². The van der Waals surface area contributed by atoms with Gasteiger partial charge in [0, 0.05) is 38.1 Å². The lowest BCUT2D eigenvalue weighted by Crippen LogP contribution is -2.46. The molecule has 1 atom stereocenters. The molecule has 1 aromatic carbocycles. The van der Waals surface area contributed by atoms with Crippen molar-refractivity contribution in [1.82, 2.24) is 14.8 Å². The van der Waals surface area contributed by atoms with Gasteiger partial charge in [-0.1, -0.05) is 12.1 Å².